The number of likely N-dealkylation sites (tertiary alicyclic amines) is 1. The molecular formula is C14H25N5. The molecule has 0 atom stereocenters. The molecule has 2 heterocycles. The number of aryl methyl sites for hydroxylation is 1. The Hall–Kier alpha value is -1.20. The van der Waals surface area contributed by atoms with Gasteiger partial charge < -0.3 is 15.1 Å². The van der Waals surface area contributed by atoms with Crippen LogP contribution in [-0.4, -0.2) is 55.1 Å². The Bertz CT molecular complexity index is 401. The molecule has 5 heteroatoms. The molecule has 5 nitrogen and oxygen atoms in total. The van der Waals surface area contributed by atoms with E-state index < -0.39 is 0 Å². The van der Waals surface area contributed by atoms with Crippen LogP contribution >= 0.6 is 0 Å². The van der Waals surface area contributed by atoms with Gasteiger partial charge in [-0.25, -0.2) is 9.97 Å². The first-order valence-electron chi connectivity index (χ1n) is 7.11. The lowest BCUT2D eigenvalue weighted by atomic mass is 10.2. The molecule has 1 aliphatic rings. The number of hydrogen-bond acceptors (Lipinski definition) is 5. The Morgan fingerprint density at radius 2 is 2.11 bits per heavy atom. The van der Waals surface area contributed by atoms with Crippen molar-refractivity contribution in [3.63, 3.8) is 0 Å². The highest BCUT2D eigenvalue weighted by Crippen LogP contribution is 2.11. The third-order valence-electron chi connectivity index (χ3n) is 3.73. The van der Waals surface area contributed by atoms with E-state index in [4.69, 9.17) is 0 Å². The topological polar surface area (TPSA) is 44.3 Å². The van der Waals surface area contributed by atoms with Gasteiger partial charge in [0.2, 0.25) is 5.95 Å². The highest BCUT2D eigenvalue weighted by Gasteiger charge is 2.13. The third-order valence-corrected chi connectivity index (χ3v) is 3.73. The molecular weight excluding hydrogens is 238 g/mol. The van der Waals surface area contributed by atoms with Crippen LogP contribution in [0.15, 0.2) is 6.20 Å². The third kappa shape index (κ3) is 3.88. The zero-order valence-electron chi connectivity index (χ0n) is 12.3. The van der Waals surface area contributed by atoms with Crippen LogP contribution in [0, 0.1) is 6.92 Å². The quantitative estimate of drug-likeness (QED) is 0.831. The van der Waals surface area contributed by atoms with Gasteiger partial charge in [0.25, 0.3) is 0 Å². The summed E-state index contributed by atoms with van der Waals surface area (Å²) in [6.45, 7) is 7.46. The normalized spacial score (nSPS) is 15.9. The van der Waals surface area contributed by atoms with Gasteiger partial charge >= 0.3 is 0 Å². The summed E-state index contributed by atoms with van der Waals surface area (Å²) in [5.74, 6) is 0.830. The number of nitrogens with one attached hydrogen (secondary N) is 1. The minimum atomic E-state index is 0.823. The summed E-state index contributed by atoms with van der Waals surface area (Å²) in [6.07, 6.45) is 4.62. The number of nitrogens with zero attached hydrogens (tertiary/aromatic N) is 4. The fourth-order valence-corrected chi connectivity index (χ4v) is 2.43. The Labute approximate surface area is 116 Å². The van der Waals surface area contributed by atoms with E-state index in [0.717, 1.165) is 31.3 Å². The van der Waals surface area contributed by atoms with Crippen molar-refractivity contribution in [1.82, 2.24) is 20.2 Å². The second kappa shape index (κ2) is 6.82. The molecule has 1 saturated heterocycles. The van der Waals surface area contributed by atoms with Crippen LogP contribution in [0.4, 0.5) is 5.95 Å². The summed E-state index contributed by atoms with van der Waals surface area (Å²) in [5.41, 5.74) is 2.23. The van der Waals surface area contributed by atoms with Crippen molar-refractivity contribution in [2.45, 2.75) is 26.3 Å². The van der Waals surface area contributed by atoms with Crippen LogP contribution in [0.5, 0.6) is 0 Å². The predicted octanol–water partition coefficient (Wildman–Crippen LogP) is 1.04. The summed E-state index contributed by atoms with van der Waals surface area (Å²) in [7, 11) is 4.01. The molecule has 0 radical (unpaired) electrons. The monoisotopic (exact) mass is 263 g/mol. The number of anilines is 1. The summed E-state index contributed by atoms with van der Waals surface area (Å²) in [4.78, 5) is 13.7. The van der Waals surface area contributed by atoms with Crippen molar-refractivity contribution in [2.75, 3.05) is 45.2 Å². The smallest absolute Gasteiger partial charge is 0.225 e. The van der Waals surface area contributed by atoms with Gasteiger partial charge in [0.1, 0.15) is 0 Å². The lowest BCUT2D eigenvalue weighted by Gasteiger charge is -2.22. The number of rotatable bonds is 6. The molecule has 0 spiro atoms. The summed E-state index contributed by atoms with van der Waals surface area (Å²) in [6, 6.07) is 0. The van der Waals surface area contributed by atoms with Crippen molar-refractivity contribution >= 4 is 5.95 Å². The largest absolute Gasteiger partial charge is 0.343 e. The lowest BCUT2D eigenvalue weighted by Crippen LogP contribution is -2.32. The van der Waals surface area contributed by atoms with E-state index in [0.29, 0.717) is 0 Å². The van der Waals surface area contributed by atoms with Gasteiger partial charge in [-0.3, -0.25) is 0 Å². The molecule has 1 aromatic heterocycles. The van der Waals surface area contributed by atoms with Crippen LogP contribution in [0.25, 0.3) is 0 Å². The predicted molar refractivity (Wildman–Crippen MR) is 78.5 cm³/mol. The summed E-state index contributed by atoms with van der Waals surface area (Å²) >= 11 is 0. The Morgan fingerprint density at radius 1 is 1.37 bits per heavy atom. The minimum Gasteiger partial charge on any atom is -0.343 e. The maximum absolute atomic E-state index is 4.59. The van der Waals surface area contributed by atoms with Crippen molar-refractivity contribution < 1.29 is 0 Å². The first kappa shape index (κ1) is 14.2. The first-order chi connectivity index (χ1) is 9.20. The molecule has 0 amide bonds. The average molecular weight is 263 g/mol. The molecule has 2 rings (SSSR count). The van der Waals surface area contributed by atoms with Gasteiger partial charge in [0, 0.05) is 44.1 Å². The molecule has 106 valence electrons. The van der Waals surface area contributed by atoms with Gasteiger partial charge in [-0.1, -0.05) is 0 Å². The molecule has 0 saturated carbocycles. The fourth-order valence-electron chi connectivity index (χ4n) is 2.43. The van der Waals surface area contributed by atoms with Gasteiger partial charge in [-0.15, -0.1) is 0 Å². The van der Waals surface area contributed by atoms with Crippen molar-refractivity contribution in [3.05, 3.63) is 17.5 Å². The van der Waals surface area contributed by atoms with E-state index in [1.165, 1.54) is 31.5 Å². The maximum Gasteiger partial charge on any atom is 0.225 e. The van der Waals surface area contributed by atoms with Gasteiger partial charge in [-0.05, 0) is 39.9 Å². The zero-order chi connectivity index (χ0) is 13.7. The van der Waals surface area contributed by atoms with Crippen molar-refractivity contribution in [1.29, 1.82) is 0 Å². The fraction of sp³-hybridized carbons (Fsp3) is 0.714. The van der Waals surface area contributed by atoms with E-state index >= 15 is 0 Å². The second-order valence-corrected chi connectivity index (χ2v) is 5.28. The molecule has 19 heavy (non-hydrogen) atoms. The van der Waals surface area contributed by atoms with E-state index in [9.17, 15) is 0 Å². The average Bonchev–Trinajstić information content (AvgIpc) is 2.91. The maximum atomic E-state index is 4.59. The second-order valence-electron chi connectivity index (χ2n) is 5.28. The van der Waals surface area contributed by atoms with Gasteiger partial charge in [0.15, 0.2) is 0 Å². The van der Waals surface area contributed by atoms with Crippen LogP contribution in [0.2, 0.25) is 0 Å². The molecule has 1 aromatic rings. The first-order valence-corrected chi connectivity index (χ1v) is 7.11. The summed E-state index contributed by atoms with van der Waals surface area (Å²) in [5, 5.41) is 3.14. The van der Waals surface area contributed by atoms with Crippen LogP contribution in [0.3, 0.4) is 0 Å². The minimum absolute atomic E-state index is 0.823. The Morgan fingerprint density at radius 3 is 2.74 bits per heavy atom. The highest BCUT2D eigenvalue weighted by molar-refractivity contribution is 5.31. The molecule has 1 fully saturated rings. The standard InChI is InChI=1S/C14H25N5/c1-12-13(10-15-2)11-16-14(17-12)18(3)8-9-19-6-4-5-7-19/h11,15H,4-10H2,1-3H3. The van der Waals surface area contributed by atoms with E-state index in [1.807, 2.05) is 20.2 Å². The van der Waals surface area contributed by atoms with E-state index in [1.54, 1.807) is 0 Å². The zero-order valence-corrected chi connectivity index (χ0v) is 12.3. The molecule has 0 unspecified atom stereocenters. The van der Waals surface area contributed by atoms with Crippen LogP contribution < -0.4 is 10.2 Å². The Balaban J connectivity index is 1.90. The molecule has 0 bridgehead atoms. The van der Waals surface area contributed by atoms with Crippen LogP contribution in [0.1, 0.15) is 24.1 Å². The van der Waals surface area contributed by atoms with E-state index in [-0.39, 0.29) is 0 Å². The van der Waals surface area contributed by atoms with Gasteiger partial charge in [-0.2, -0.15) is 0 Å². The molecule has 1 aliphatic heterocycles. The molecule has 0 aromatic carbocycles. The van der Waals surface area contributed by atoms with E-state index in [2.05, 4.69) is 32.1 Å². The number of aromatic nitrogens is 2. The Kier molecular flexibility index (Phi) is 5.10. The van der Waals surface area contributed by atoms with Crippen LogP contribution in [-0.2, 0) is 6.54 Å². The highest BCUT2D eigenvalue weighted by atomic mass is 15.3. The SMILES string of the molecule is CNCc1cnc(N(C)CCN2CCCC2)nc1C. The van der Waals surface area contributed by atoms with Crippen molar-refractivity contribution in [2.24, 2.45) is 0 Å². The summed E-state index contributed by atoms with van der Waals surface area (Å²) < 4.78 is 0. The van der Waals surface area contributed by atoms with Gasteiger partial charge in [0.05, 0.1) is 0 Å². The number of hydrogen-bond donors (Lipinski definition) is 1. The lowest BCUT2D eigenvalue weighted by molar-refractivity contribution is 0.346. The molecule has 0 aliphatic carbocycles. The van der Waals surface area contributed by atoms with Crippen molar-refractivity contribution in [3.8, 4) is 0 Å². The molecule has 1 N–H and O–H groups in total. The number of likely N-dealkylation sites (N-methyl/N-ethyl adjacent to an activating group) is 1.